The number of carbonyl (C=O) groups is 1. The lowest BCUT2D eigenvalue weighted by atomic mass is 9.80. The first-order chi connectivity index (χ1) is 12.1. The van der Waals surface area contributed by atoms with Gasteiger partial charge in [-0.25, -0.2) is 4.79 Å². The maximum Gasteiger partial charge on any atom is 0.321 e. The van der Waals surface area contributed by atoms with Gasteiger partial charge in [-0.2, -0.15) is 0 Å². The third-order valence-corrected chi connectivity index (χ3v) is 5.24. The van der Waals surface area contributed by atoms with E-state index in [4.69, 9.17) is 14.2 Å². The lowest BCUT2D eigenvalue weighted by Crippen LogP contribution is -2.46. The van der Waals surface area contributed by atoms with Gasteiger partial charge in [-0.15, -0.1) is 0 Å². The van der Waals surface area contributed by atoms with Crippen molar-refractivity contribution < 1.29 is 19.0 Å². The van der Waals surface area contributed by atoms with Gasteiger partial charge in [0.15, 0.2) is 0 Å². The molecule has 1 N–H and O–H groups in total. The number of hydrogen-bond acceptors (Lipinski definition) is 4. The molecule has 2 amide bonds. The molecule has 0 bridgehead atoms. The minimum absolute atomic E-state index is 0.00560. The van der Waals surface area contributed by atoms with Crippen molar-refractivity contribution in [2.45, 2.75) is 25.9 Å². The second-order valence-corrected chi connectivity index (χ2v) is 7.02. The standard InChI is InChI=1S/C19H28N2O4/c1-15(23-2)16-4-3-5-17(12-16)20-18(22)21-8-11-25-14-19(13-21)6-9-24-10-7-19/h3-5,12,15H,6-11,13-14H2,1-2H3,(H,20,22)/t15-/m0/s1. The molecule has 1 atom stereocenters. The van der Waals surface area contributed by atoms with Gasteiger partial charge in [0.05, 0.1) is 19.3 Å². The molecule has 2 aliphatic heterocycles. The Morgan fingerprint density at radius 1 is 1.28 bits per heavy atom. The molecule has 3 rings (SSSR count). The number of rotatable bonds is 3. The van der Waals surface area contributed by atoms with Crippen molar-refractivity contribution in [3.05, 3.63) is 29.8 Å². The van der Waals surface area contributed by atoms with Crippen molar-refractivity contribution in [3.8, 4) is 0 Å². The summed E-state index contributed by atoms with van der Waals surface area (Å²) < 4.78 is 16.6. The van der Waals surface area contributed by atoms with Gasteiger partial charge in [-0.1, -0.05) is 12.1 Å². The van der Waals surface area contributed by atoms with E-state index in [2.05, 4.69) is 5.32 Å². The van der Waals surface area contributed by atoms with E-state index in [1.165, 1.54) is 0 Å². The Hall–Kier alpha value is -1.63. The van der Waals surface area contributed by atoms with Gasteiger partial charge >= 0.3 is 6.03 Å². The Morgan fingerprint density at radius 3 is 2.84 bits per heavy atom. The molecule has 0 aromatic heterocycles. The maximum absolute atomic E-state index is 12.8. The molecule has 6 nitrogen and oxygen atoms in total. The normalized spacial score (nSPS) is 21.6. The first-order valence-electron chi connectivity index (χ1n) is 8.96. The largest absolute Gasteiger partial charge is 0.381 e. The fourth-order valence-corrected chi connectivity index (χ4v) is 3.48. The van der Waals surface area contributed by atoms with Crippen molar-refractivity contribution in [2.24, 2.45) is 5.41 Å². The summed E-state index contributed by atoms with van der Waals surface area (Å²) in [7, 11) is 1.68. The summed E-state index contributed by atoms with van der Waals surface area (Å²) in [6, 6.07) is 7.73. The summed E-state index contributed by atoms with van der Waals surface area (Å²) >= 11 is 0. The van der Waals surface area contributed by atoms with Gasteiger partial charge in [0, 0.05) is 44.5 Å². The molecule has 1 aromatic rings. The van der Waals surface area contributed by atoms with Crippen LogP contribution in [0.4, 0.5) is 10.5 Å². The Morgan fingerprint density at radius 2 is 2.08 bits per heavy atom. The minimum atomic E-state index is -0.0708. The van der Waals surface area contributed by atoms with E-state index in [0.29, 0.717) is 19.8 Å². The fourth-order valence-electron chi connectivity index (χ4n) is 3.48. The van der Waals surface area contributed by atoms with Gasteiger partial charge in [0.2, 0.25) is 0 Å². The van der Waals surface area contributed by atoms with Crippen molar-refractivity contribution >= 4 is 11.7 Å². The summed E-state index contributed by atoms with van der Waals surface area (Å²) in [6.07, 6.45) is 1.88. The molecule has 6 heteroatoms. The molecule has 0 aliphatic carbocycles. The second kappa shape index (κ2) is 8.17. The van der Waals surface area contributed by atoms with Crippen LogP contribution < -0.4 is 5.32 Å². The van der Waals surface area contributed by atoms with E-state index in [1.54, 1.807) is 7.11 Å². The third-order valence-electron chi connectivity index (χ3n) is 5.24. The molecule has 0 saturated carbocycles. The number of amides is 2. The number of hydrogen-bond donors (Lipinski definition) is 1. The van der Waals surface area contributed by atoms with Crippen LogP contribution >= 0.6 is 0 Å². The molecule has 0 unspecified atom stereocenters. The smallest absolute Gasteiger partial charge is 0.321 e. The summed E-state index contributed by atoms with van der Waals surface area (Å²) in [4.78, 5) is 14.7. The minimum Gasteiger partial charge on any atom is -0.381 e. The molecular weight excluding hydrogens is 320 g/mol. The Kier molecular flexibility index (Phi) is 5.93. The predicted molar refractivity (Wildman–Crippen MR) is 95.8 cm³/mol. The van der Waals surface area contributed by atoms with Crippen molar-refractivity contribution in [2.75, 3.05) is 51.9 Å². The number of methoxy groups -OCH3 is 1. The number of anilines is 1. The SMILES string of the molecule is CO[C@@H](C)c1cccc(NC(=O)N2CCOCC3(CCOCC3)C2)c1. The van der Waals surface area contributed by atoms with E-state index in [0.717, 1.165) is 43.9 Å². The zero-order valence-electron chi connectivity index (χ0n) is 15.1. The Bertz CT molecular complexity index is 587. The number of benzene rings is 1. The zero-order chi connectivity index (χ0) is 17.7. The Labute approximate surface area is 149 Å². The quantitative estimate of drug-likeness (QED) is 0.912. The predicted octanol–water partition coefficient (Wildman–Crippen LogP) is 3.05. The first kappa shape index (κ1) is 18.2. The zero-order valence-corrected chi connectivity index (χ0v) is 15.1. The highest BCUT2D eigenvalue weighted by molar-refractivity contribution is 5.89. The van der Waals surface area contributed by atoms with Crippen LogP contribution in [0.1, 0.15) is 31.4 Å². The molecule has 1 spiro atoms. The van der Waals surface area contributed by atoms with Crippen LogP contribution in [0.15, 0.2) is 24.3 Å². The van der Waals surface area contributed by atoms with E-state index in [-0.39, 0.29) is 17.6 Å². The molecule has 138 valence electrons. The number of carbonyl (C=O) groups excluding carboxylic acids is 1. The number of urea groups is 1. The van der Waals surface area contributed by atoms with Crippen molar-refractivity contribution in [1.29, 1.82) is 0 Å². The van der Waals surface area contributed by atoms with Crippen LogP contribution in [-0.4, -0.2) is 57.6 Å². The highest BCUT2D eigenvalue weighted by atomic mass is 16.5. The number of ether oxygens (including phenoxy) is 3. The molecule has 1 aromatic carbocycles. The molecule has 2 aliphatic rings. The summed E-state index contributed by atoms with van der Waals surface area (Å²) in [5.41, 5.74) is 1.86. The Balaban J connectivity index is 1.67. The van der Waals surface area contributed by atoms with Crippen LogP contribution in [0.3, 0.4) is 0 Å². The van der Waals surface area contributed by atoms with Gasteiger partial charge in [-0.3, -0.25) is 0 Å². The topological polar surface area (TPSA) is 60.0 Å². The summed E-state index contributed by atoms with van der Waals surface area (Å²) in [5, 5.41) is 3.03. The molecule has 2 heterocycles. The highest BCUT2D eigenvalue weighted by Gasteiger charge is 2.37. The molecule has 25 heavy (non-hydrogen) atoms. The van der Waals surface area contributed by atoms with Crippen molar-refractivity contribution in [1.82, 2.24) is 4.90 Å². The molecular formula is C19H28N2O4. The average molecular weight is 348 g/mol. The lowest BCUT2D eigenvalue weighted by Gasteiger charge is -2.38. The molecule has 0 radical (unpaired) electrons. The van der Waals surface area contributed by atoms with Crippen LogP contribution in [0.2, 0.25) is 0 Å². The summed E-state index contributed by atoms with van der Waals surface area (Å²) in [5.74, 6) is 0. The van der Waals surface area contributed by atoms with E-state index < -0.39 is 0 Å². The average Bonchev–Trinajstić information content (AvgIpc) is 2.84. The maximum atomic E-state index is 12.8. The highest BCUT2D eigenvalue weighted by Crippen LogP contribution is 2.33. The molecule has 2 saturated heterocycles. The van der Waals surface area contributed by atoms with E-state index in [9.17, 15) is 4.79 Å². The van der Waals surface area contributed by atoms with Crippen LogP contribution in [0.25, 0.3) is 0 Å². The molecule has 2 fully saturated rings. The van der Waals surface area contributed by atoms with Gasteiger partial charge < -0.3 is 24.4 Å². The lowest BCUT2D eigenvalue weighted by molar-refractivity contribution is -0.0292. The second-order valence-electron chi connectivity index (χ2n) is 7.02. The monoisotopic (exact) mass is 348 g/mol. The number of nitrogens with zero attached hydrogens (tertiary/aromatic N) is 1. The van der Waals surface area contributed by atoms with Crippen molar-refractivity contribution in [3.63, 3.8) is 0 Å². The van der Waals surface area contributed by atoms with Crippen LogP contribution in [0, 0.1) is 5.41 Å². The van der Waals surface area contributed by atoms with E-state index in [1.807, 2.05) is 36.1 Å². The number of nitrogens with one attached hydrogen (secondary N) is 1. The fraction of sp³-hybridized carbons (Fsp3) is 0.632. The van der Waals surface area contributed by atoms with Gasteiger partial charge in [0.1, 0.15) is 0 Å². The van der Waals surface area contributed by atoms with Crippen LogP contribution in [0.5, 0.6) is 0 Å². The first-order valence-corrected chi connectivity index (χ1v) is 8.96. The summed E-state index contributed by atoms with van der Waals surface area (Å²) in [6.45, 7) is 6.10. The van der Waals surface area contributed by atoms with Gasteiger partial charge in [0.25, 0.3) is 0 Å². The van der Waals surface area contributed by atoms with Gasteiger partial charge in [-0.05, 0) is 37.5 Å². The third kappa shape index (κ3) is 4.51. The van der Waals surface area contributed by atoms with E-state index >= 15 is 0 Å². The van der Waals surface area contributed by atoms with Crippen LogP contribution in [-0.2, 0) is 14.2 Å².